The SMILES string of the molecule is CCCC1CCC(CN)(OC2CCCCCC2)CC1. The van der Waals surface area contributed by atoms with Crippen LogP contribution in [0.4, 0.5) is 0 Å². The summed E-state index contributed by atoms with van der Waals surface area (Å²) in [4.78, 5) is 0. The van der Waals surface area contributed by atoms with Crippen molar-refractivity contribution in [2.45, 2.75) is 95.7 Å². The van der Waals surface area contributed by atoms with Crippen molar-refractivity contribution in [2.24, 2.45) is 11.7 Å². The van der Waals surface area contributed by atoms with Crippen molar-refractivity contribution in [1.82, 2.24) is 0 Å². The van der Waals surface area contributed by atoms with Crippen LogP contribution >= 0.6 is 0 Å². The molecule has 0 aromatic carbocycles. The van der Waals surface area contributed by atoms with E-state index < -0.39 is 0 Å². The second-order valence-electron chi connectivity index (χ2n) is 6.85. The van der Waals surface area contributed by atoms with E-state index in [-0.39, 0.29) is 5.60 Å². The molecule has 0 aromatic heterocycles. The molecule has 0 heterocycles. The van der Waals surface area contributed by atoms with E-state index in [0.29, 0.717) is 6.10 Å². The van der Waals surface area contributed by atoms with Gasteiger partial charge in [-0.15, -0.1) is 0 Å². The maximum Gasteiger partial charge on any atom is 0.0808 e. The molecule has 2 aliphatic carbocycles. The van der Waals surface area contributed by atoms with E-state index in [0.717, 1.165) is 12.5 Å². The number of ether oxygens (including phenoxy) is 1. The molecule has 2 saturated carbocycles. The average Bonchev–Trinajstić information content (AvgIpc) is 2.70. The summed E-state index contributed by atoms with van der Waals surface area (Å²) in [7, 11) is 0. The third kappa shape index (κ3) is 4.46. The molecule has 2 heteroatoms. The first kappa shape index (κ1) is 15.3. The molecule has 2 fully saturated rings. The van der Waals surface area contributed by atoms with Gasteiger partial charge in [0.1, 0.15) is 0 Å². The predicted molar refractivity (Wildman–Crippen MR) is 81.2 cm³/mol. The molecule has 112 valence electrons. The lowest BCUT2D eigenvalue weighted by molar-refractivity contribution is -0.118. The van der Waals surface area contributed by atoms with Crippen LogP contribution in [0, 0.1) is 5.92 Å². The zero-order valence-electron chi connectivity index (χ0n) is 12.8. The zero-order chi connectivity index (χ0) is 13.6. The van der Waals surface area contributed by atoms with Crippen LogP contribution in [0.2, 0.25) is 0 Å². The lowest BCUT2D eigenvalue weighted by Crippen LogP contribution is -2.46. The molecular formula is C17H33NO. The minimum atomic E-state index is 0.0270. The summed E-state index contributed by atoms with van der Waals surface area (Å²) in [5.74, 6) is 0.933. The van der Waals surface area contributed by atoms with Crippen molar-refractivity contribution in [3.05, 3.63) is 0 Å². The van der Waals surface area contributed by atoms with Gasteiger partial charge in [-0.3, -0.25) is 0 Å². The van der Waals surface area contributed by atoms with Gasteiger partial charge >= 0.3 is 0 Å². The van der Waals surface area contributed by atoms with Crippen molar-refractivity contribution in [3.8, 4) is 0 Å². The van der Waals surface area contributed by atoms with E-state index in [1.807, 2.05) is 0 Å². The lowest BCUT2D eigenvalue weighted by Gasteiger charge is -2.41. The van der Waals surface area contributed by atoms with E-state index in [9.17, 15) is 0 Å². The number of rotatable bonds is 5. The number of nitrogens with two attached hydrogens (primary N) is 1. The predicted octanol–water partition coefficient (Wildman–Crippen LogP) is 4.41. The van der Waals surface area contributed by atoms with E-state index in [1.165, 1.54) is 77.0 Å². The van der Waals surface area contributed by atoms with Gasteiger partial charge in [-0.2, -0.15) is 0 Å². The molecule has 0 unspecified atom stereocenters. The number of hydrogen-bond acceptors (Lipinski definition) is 2. The molecule has 0 amide bonds. The lowest BCUT2D eigenvalue weighted by atomic mass is 9.77. The summed E-state index contributed by atoms with van der Waals surface area (Å²) in [6.07, 6.45) is 16.3. The minimum absolute atomic E-state index is 0.0270. The van der Waals surface area contributed by atoms with Gasteiger partial charge in [0.2, 0.25) is 0 Å². The molecule has 2 nitrogen and oxygen atoms in total. The average molecular weight is 267 g/mol. The Morgan fingerprint density at radius 3 is 2.16 bits per heavy atom. The van der Waals surface area contributed by atoms with Crippen molar-refractivity contribution < 1.29 is 4.74 Å². The van der Waals surface area contributed by atoms with Crippen LogP contribution in [0.15, 0.2) is 0 Å². The zero-order valence-corrected chi connectivity index (χ0v) is 12.8. The fraction of sp³-hybridized carbons (Fsp3) is 1.00. The molecule has 19 heavy (non-hydrogen) atoms. The Labute approximate surface area is 119 Å². The van der Waals surface area contributed by atoms with Crippen molar-refractivity contribution >= 4 is 0 Å². The van der Waals surface area contributed by atoms with Crippen molar-refractivity contribution in [3.63, 3.8) is 0 Å². The Hall–Kier alpha value is -0.0800. The van der Waals surface area contributed by atoms with Gasteiger partial charge in [0.05, 0.1) is 11.7 Å². The van der Waals surface area contributed by atoms with Crippen LogP contribution < -0.4 is 5.73 Å². The van der Waals surface area contributed by atoms with Gasteiger partial charge in [-0.1, -0.05) is 45.4 Å². The molecule has 0 spiro atoms. The largest absolute Gasteiger partial charge is 0.370 e. The summed E-state index contributed by atoms with van der Waals surface area (Å²) in [6, 6.07) is 0. The molecule has 0 saturated heterocycles. The Morgan fingerprint density at radius 1 is 1.00 bits per heavy atom. The van der Waals surface area contributed by atoms with Crippen LogP contribution in [-0.4, -0.2) is 18.2 Å². The van der Waals surface area contributed by atoms with Gasteiger partial charge in [-0.25, -0.2) is 0 Å². The Kier molecular flexibility index (Phi) is 6.15. The Bertz CT molecular complexity index is 238. The van der Waals surface area contributed by atoms with Crippen LogP contribution in [0.5, 0.6) is 0 Å². The maximum absolute atomic E-state index is 6.55. The number of hydrogen-bond donors (Lipinski definition) is 1. The highest BCUT2D eigenvalue weighted by Crippen LogP contribution is 2.38. The molecule has 0 atom stereocenters. The normalized spacial score (nSPS) is 34.1. The van der Waals surface area contributed by atoms with E-state index in [2.05, 4.69) is 6.92 Å². The van der Waals surface area contributed by atoms with Crippen LogP contribution in [0.25, 0.3) is 0 Å². The molecule has 0 bridgehead atoms. The standard InChI is InChI=1S/C17H33NO/c1-2-7-15-10-12-17(14-18,13-11-15)19-16-8-5-3-4-6-9-16/h15-16H,2-14,18H2,1H3. The molecule has 0 radical (unpaired) electrons. The second-order valence-corrected chi connectivity index (χ2v) is 6.85. The molecule has 2 aliphatic rings. The third-order valence-electron chi connectivity index (χ3n) is 5.30. The third-order valence-corrected chi connectivity index (χ3v) is 5.30. The van der Waals surface area contributed by atoms with Gasteiger partial charge in [0.15, 0.2) is 0 Å². The van der Waals surface area contributed by atoms with Gasteiger partial charge in [-0.05, 0) is 44.4 Å². The van der Waals surface area contributed by atoms with Crippen LogP contribution in [0.3, 0.4) is 0 Å². The van der Waals surface area contributed by atoms with Crippen molar-refractivity contribution in [2.75, 3.05) is 6.54 Å². The smallest absolute Gasteiger partial charge is 0.0808 e. The highest BCUT2D eigenvalue weighted by Gasteiger charge is 2.36. The molecule has 0 aromatic rings. The Balaban J connectivity index is 1.84. The highest BCUT2D eigenvalue weighted by atomic mass is 16.5. The summed E-state index contributed by atoms with van der Waals surface area (Å²) >= 11 is 0. The fourth-order valence-electron chi connectivity index (χ4n) is 3.98. The summed E-state index contributed by atoms with van der Waals surface area (Å²) in [5.41, 5.74) is 6.12. The highest BCUT2D eigenvalue weighted by molar-refractivity contribution is 4.89. The van der Waals surface area contributed by atoms with E-state index in [4.69, 9.17) is 10.5 Å². The van der Waals surface area contributed by atoms with Gasteiger partial charge in [0, 0.05) is 6.54 Å². The fourth-order valence-corrected chi connectivity index (χ4v) is 3.98. The topological polar surface area (TPSA) is 35.2 Å². The monoisotopic (exact) mass is 267 g/mol. The minimum Gasteiger partial charge on any atom is -0.370 e. The first-order valence-corrected chi connectivity index (χ1v) is 8.66. The summed E-state index contributed by atoms with van der Waals surface area (Å²) < 4.78 is 6.55. The van der Waals surface area contributed by atoms with Crippen LogP contribution in [0.1, 0.15) is 84.0 Å². The molecule has 2 rings (SSSR count). The first-order chi connectivity index (χ1) is 9.28. The molecule has 0 aliphatic heterocycles. The van der Waals surface area contributed by atoms with Gasteiger partial charge < -0.3 is 10.5 Å². The quantitative estimate of drug-likeness (QED) is 0.749. The van der Waals surface area contributed by atoms with E-state index >= 15 is 0 Å². The van der Waals surface area contributed by atoms with Gasteiger partial charge in [0.25, 0.3) is 0 Å². The molecular weight excluding hydrogens is 234 g/mol. The van der Waals surface area contributed by atoms with Crippen molar-refractivity contribution in [1.29, 1.82) is 0 Å². The first-order valence-electron chi connectivity index (χ1n) is 8.66. The summed E-state index contributed by atoms with van der Waals surface area (Å²) in [5, 5.41) is 0. The molecule has 2 N–H and O–H groups in total. The Morgan fingerprint density at radius 2 is 1.63 bits per heavy atom. The maximum atomic E-state index is 6.55. The van der Waals surface area contributed by atoms with Crippen LogP contribution in [-0.2, 0) is 4.74 Å². The van der Waals surface area contributed by atoms with E-state index in [1.54, 1.807) is 0 Å². The summed E-state index contributed by atoms with van der Waals surface area (Å²) in [6.45, 7) is 3.02. The second kappa shape index (κ2) is 7.64.